The van der Waals surface area contributed by atoms with Gasteiger partial charge in [0.15, 0.2) is 11.5 Å². The molecule has 0 atom stereocenters. The van der Waals surface area contributed by atoms with E-state index >= 15 is 0 Å². The van der Waals surface area contributed by atoms with E-state index in [9.17, 15) is 27.9 Å². The summed E-state index contributed by atoms with van der Waals surface area (Å²) < 4.78 is 48.0. The van der Waals surface area contributed by atoms with Crippen molar-refractivity contribution in [3.63, 3.8) is 0 Å². The van der Waals surface area contributed by atoms with Crippen molar-refractivity contribution in [1.29, 1.82) is 0 Å². The molecule has 2 aliphatic rings. The first-order valence-electron chi connectivity index (χ1n) is 14.1. The lowest BCUT2D eigenvalue weighted by Crippen LogP contribution is -2.37. The number of likely N-dealkylation sites (tertiary alicyclic amines) is 1. The van der Waals surface area contributed by atoms with Crippen molar-refractivity contribution in [3.05, 3.63) is 76.2 Å². The Balaban J connectivity index is 1.31. The van der Waals surface area contributed by atoms with Crippen LogP contribution in [0.5, 0.6) is 5.75 Å². The number of halogens is 3. The minimum absolute atomic E-state index is 0.108. The van der Waals surface area contributed by atoms with Crippen LogP contribution in [0.25, 0.3) is 11.4 Å². The Morgan fingerprint density at radius 1 is 1.12 bits per heavy atom. The Bertz CT molecular complexity index is 1520. The summed E-state index contributed by atoms with van der Waals surface area (Å²) >= 11 is 0. The predicted octanol–water partition coefficient (Wildman–Crippen LogP) is 6.43. The minimum Gasteiger partial charge on any atom is -0.489 e. The third-order valence-electron chi connectivity index (χ3n) is 8.08. The molecular weight excluding hydrogens is 549 g/mol. The van der Waals surface area contributed by atoms with Gasteiger partial charge in [0.05, 0.1) is 11.9 Å². The molecule has 2 aromatic heterocycles. The molecule has 1 fully saturated rings. The number of carbonyl (C=O) groups excluding carboxylic acids is 1. The van der Waals surface area contributed by atoms with Gasteiger partial charge in [0.2, 0.25) is 5.91 Å². The maximum atomic E-state index is 13.7. The van der Waals surface area contributed by atoms with E-state index in [-0.39, 0.29) is 11.7 Å². The number of aromatic nitrogens is 3. The average Bonchev–Trinajstić information content (AvgIpc) is 3.64. The molecule has 3 aromatic rings. The zero-order chi connectivity index (χ0) is 30.0. The molecule has 0 saturated carbocycles. The number of benzene rings is 1. The number of nitrogens with zero attached hydrogens (tertiary/aromatic N) is 4. The molecule has 11 heteroatoms. The lowest BCUT2D eigenvalue weighted by atomic mass is 9.88. The number of aromatic carboxylic acids is 1. The van der Waals surface area contributed by atoms with E-state index in [1.807, 2.05) is 24.8 Å². The molecule has 1 saturated heterocycles. The van der Waals surface area contributed by atoms with Crippen molar-refractivity contribution in [2.24, 2.45) is 0 Å². The molecule has 0 bridgehead atoms. The number of hydrogen-bond donors (Lipinski definition) is 1. The smallest absolute Gasteiger partial charge is 0.434 e. The molecule has 1 aliphatic heterocycles. The van der Waals surface area contributed by atoms with Gasteiger partial charge in [-0.25, -0.2) is 14.5 Å². The second kappa shape index (κ2) is 12.0. The van der Waals surface area contributed by atoms with Gasteiger partial charge in [-0.2, -0.15) is 18.3 Å². The van der Waals surface area contributed by atoms with Crippen molar-refractivity contribution >= 4 is 17.4 Å². The summed E-state index contributed by atoms with van der Waals surface area (Å²) in [5, 5.41) is 12.9. The van der Waals surface area contributed by atoms with Crippen molar-refractivity contribution < 1.29 is 32.6 Å². The Morgan fingerprint density at radius 2 is 1.88 bits per heavy atom. The number of hydrogen-bond acceptors (Lipinski definition) is 5. The van der Waals surface area contributed by atoms with Crippen molar-refractivity contribution in [2.75, 3.05) is 19.7 Å². The van der Waals surface area contributed by atoms with Gasteiger partial charge in [0.1, 0.15) is 17.9 Å². The number of carboxylic acid groups (broad SMARTS) is 1. The van der Waals surface area contributed by atoms with E-state index in [2.05, 4.69) is 22.2 Å². The number of ether oxygens (including phenoxy) is 1. The van der Waals surface area contributed by atoms with Gasteiger partial charge < -0.3 is 14.7 Å². The summed E-state index contributed by atoms with van der Waals surface area (Å²) in [5.74, 6) is -0.440. The largest absolute Gasteiger partial charge is 0.489 e. The minimum atomic E-state index is -4.92. The van der Waals surface area contributed by atoms with Crippen molar-refractivity contribution in [2.45, 2.75) is 64.5 Å². The van der Waals surface area contributed by atoms with Crippen LogP contribution in [0.1, 0.15) is 84.2 Å². The summed E-state index contributed by atoms with van der Waals surface area (Å²) in [6.07, 6.45) is 0.541. The standard InChI is InChI=1S/C31H33F3N4O4/c1-3-28(39)37-14-12-20(13-15-37)21-10-11-26(19(2)16-21)42-18-22-6-4-7-23(22)25-8-5-9-27(36-25)38-29(31(32,33)34)24(17-35-38)30(40)41/h5,8-11,16-17,20H,3-4,6-7,12-15,18H2,1-2H3,(H,40,41). The highest BCUT2D eigenvalue weighted by Gasteiger charge is 2.41. The summed E-state index contributed by atoms with van der Waals surface area (Å²) in [6.45, 7) is 5.79. The number of carboxylic acids is 1. The SMILES string of the molecule is CCC(=O)N1CCC(c2ccc(OCC3=C(c4cccc(-n5ncc(C(=O)O)c5C(F)(F)F)n4)CCC3)c(C)c2)CC1. The van der Waals surface area contributed by atoms with E-state index in [4.69, 9.17) is 4.74 Å². The fourth-order valence-electron chi connectivity index (χ4n) is 5.87. The van der Waals surface area contributed by atoms with E-state index in [1.54, 1.807) is 12.1 Å². The molecule has 1 N–H and O–H groups in total. The third kappa shape index (κ3) is 6.05. The number of allylic oxidation sites excluding steroid dienone is 1. The molecule has 0 spiro atoms. The molecule has 1 aromatic carbocycles. The average molecular weight is 583 g/mol. The lowest BCUT2D eigenvalue weighted by molar-refractivity contribution is -0.143. The maximum absolute atomic E-state index is 13.7. The Labute approximate surface area is 241 Å². The first kappa shape index (κ1) is 29.3. The number of amides is 1. The Hall–Kier alpha value is -4.15. The van der Waals surface area contributed by atoms with Crippen LogP contribution in [-0.2, 0) is 11.0 Å². The molecule has 222 valence electrons. The van der Waals surface area contributed by atoms with Gasteiger partial charge in [0, 0.05) is 19.5 Å². The maximum Gasteiger partial charge on any atom is 0.434 e. The molecule has 5 rings (SSSR count). The van der Waals surface area contributed by atoms with Gasteiger partial charge in [-0.3, -0.25) is 4.79 Å². The van der Waals surface area contributed by atoms with Gasteiger partial charge in [-0.1, -0.05) is 25.1 Å². The van der Waals surface area contributed by atoms with Crippen LogP contribution in [0.15, 0.2) is 48.2 Å². The van der Waals surface area contributed by atoms with Gasteiger partial charge in [-0.15, -0.1) is 0 Å². The van der Waals surface area contributed by atoms with Gasteiger partial charge in [-0.05, 0) is 85.4 Å². The van der Waals surface area contributed by atoms with E-state index < -0.39 is 23.4 Å². The van der Waals surface area contributed by atoms with Gasteiger partial charge >= 0.3 is 12.1 Å². The number of piperidine rings is 1. The topological polar surface area (TPSA) is 97.6 Å². The van der Waals surface area contributed by atoms with Crippen LogP contribution >= 0.6 is 0 Å². The van der Waals surface area contributed by atoms with Crippen LogP contribution in [0, 0.1) is 6.92 Å². The lowest BCUT2D eigenvalue weighted by Gasteiger charge is -2.32. The second-order valence-corrected chi connectivity index (χ2v) is 10.8. The number of aryl methyl sites for hydroxylation is 1. The molecular formula is C31H33F3N4O4. The molecule has 1 amide bonds. The van der Waals surface area contributed by atoms with E-state index in [0.717, 1.165) is 61.2 Å². The Kier molecular flexibility index (Phi) is 8.38. The van der Waals surface area contributed by atoms with Gasteiger partial charge in [0.25, 0.3) is 0 Å². The fraction of sp³-hybridized carbons (Fsp3) is 0.419. The number of alkyl halides is 3. The fourth-order valence-corrected chi connectivity index (χ4v) is 5.87. The normalized spacial score (nSPS) is 16.3. The van der Waals surface area contributed by atoms with Crippen LogP contribution in [-0.4, -0.2) is 56.3 Å². The van der Waals surface area contributed by atoms with E-state index in [0.29, 0.717) is 41.9 Å². The summed E-state index contributed by atoms with van der Waals surface area (Å²) in [6, 6.07) is 10.9. The summed E-state index contributed by atoms with van der Waals surface area (Å²) in [4.78, 5) is 29.8. The van der Waals surface area contributed by atoms with Crippen LogP contribution in [0.3, 0.4) is 0 Å². The first-order chi connectivity index (χ1) is 20.1. The second-order valence-electron chi connectivity index (χ2n) is 10.8. The highest BCUT2D eigenvalue weighted by molar-refractivity contribution is 5.89. The van der Waals surface area contributed by atoms with Crippen LogP contribution < -0.4 is 4.74 Å². The van der Waals surface area contributed by atoms with E-state index in [1.165, 1.54) is 11.6 Å². The Morgan fingerprint density at radius 3 is 2.55 bits per heavy atom. The summed E-state index contributed by atoms with van der Waals surface area (Å²) in [5.41, 5.74) is 2.42. The monoisotopic (exact) mass is 582 g/mol. The predicted molar refractivity (Wildman–Crippen MR) is 150 cm³/mol. The number of rotatable bonds is 8. The molecule has 42 heavy (non-hydrogen) atoms. The quantitative estimate of drug-likeness (QED) is 0.329. The summed E-state index contributed by atoms with van der Waals surface area (Å²) in [7, 11) is 0. The molecule has 0 radical (unpaired) electrons. The third-order valence-corrected chi connectivity index (χ3v) is 8.08. The highest BCUT2D eigenvalue weighted by atomic mass is 19.4. The van der Waals surface area contributed by atoms with Crippen LogP contribution in [0.2, 0.25) is 0 Å². The molecule has 0 unspecified atom stereocenters. The molecule has 1 aliphatic carbocycles. The van der Waals surface area contributed by atoms with Crippen LogP contribution in [0.4, 0.5) is 13.2 Å². The zero-order valence-corrected chi connectivity index (χ0v) is 23.6. The zero-order valence-electron chi connectivity index (χ0n) is 23.6. The number of carbonyl (C=O) groups is 2. The molecule has 8 nitrogen and oxygen atoms in total. The highest BCUT2D eigenvalue weighted by Crippen LogP contribution is 2.37. The van der Waals surface area contributed by atoms with Crippen molar-refractivity contribution in [1.82, 2.24) is 19.7 Å². The van der Waals surface area contributed by atoms with Crippen molar-refractivity contribution in [3.8, 4) is 11.6 Å². The number of pyridine rings is 1. The molecule has 3 heterocycles. The first-order valence-corrected chi connectivity index (χ1v) is 14.1.